The summed E-state index contributed by atoms with van der Waals surface area (Å²) in [5.41, 5.74) is 6.95. The lowest BCUT2D eigenvalue weighted by atomic mass is 9.85. The van der Waals surface area contributed by atoms with Crippen molar-refractivity contribution in [3.8, 4) is 0 Å². The Labute approximate surface area is 116 Å². The minimum atomic E-state index is -0.376. The summed E-state index contributed by atoms with van der Waals surface area (Å²) < 4.78 is 0. The third-order valence-electron chi connectivity index (χ3n) is 3.66. The Balaban J connectivity index is 2.46. The highest BCUT2D eigenvalue weighted by Crippen LogP contribution is 2.19. The Bertz CT molecular complexity index is 388. The number of hydrogen-bond donors (Lipinski definition) is 2. The van der Waals surface area contributed by atoms with Crippen molar-refractivity contribution in [2.45, 2.75) is 34.2 Å². The second-order valence-corrected chi connectivity index (χ2v) is 5.84. The fraction of sp³-hybridized carbons (Fsp3) is 0.562. The molecule has 19 heavy (non-hydrogen) atoms. The molecule has 3 N–H and O–H groups in total. The quantitative estimate of drug-likeness (QED) is 0.794. The van der Waals surface area contributed by atoms with Crippen molar-refractivity contribution in [2.24, 2.45) is 23.5 Å². The summed E-state index contributed by atoms with van der Waals surface area (Å²) in [5.74, 6) is 1.68. The van der Waals surface area contributed by atoms with Gasteiger partial charge in [0.15, 0.2) is 0 Å². The predicted octanol–water partition coefficient (Wildman–Crippen LogP) is 2.80. The van der Waals surface area contributed by atoms with E-state index in [9.17, 15) is 4.79 Å². The zero-order valence-electron chi connectivity index (χ0n) is 12.4. The molecule has 106 valence electrons. The molecule has 0 aliphatic carbocycles. The first-order valence-corrected chi connectivity index (χ1v) is 7.01. The number of benzene rings is 1. The lowest BCUT2D eigenvalue weighted by molar-refractivity contribution is 0.100. The molecule has 0 unspecified atom stereocenters. The van der Waals surface area contributed by atoms with Gasteiger partial charge >= 0.3 is 0 Å². The SMILES string of the molecule is CC(C)C(CNCc1ccc(C(N)=O)cc1)C(C)C. The minimum absolute atomic E-state index is 0.376. The number of carbonyl (C=O) groups is 1. The summed E-state index contributed by atoms with van der Waals surface area (Å²) in [6.07, 6.45) is 0. The van der Waals surface area contributed by atoms with Gasteiger partial charge in [-0.2, -0.15) is 0 Å². The van der Waals surface area contributed by atoms with Crippen molar-refractivity contribution >= 4 is 5.91 Å². The van der Waals surface area contributed by atoms with Crippen LogP contribution in [0, 0.1) is 17.8 Å². The van der Waals surface area contributed by atoms with E-state index in [2.05, 4.69) is 33.0 Å². The molecule has 1 rings (SSSR count). The van der Waals surface area contributed by atoms with Crippen molar-refractivity contribution in [3.05, 3.63) is 35.4 Å². The molecule has 1 amide bonds. The molecule has 0 aliphatic rings. The Morgan fingerprint density at radius 3 is 2.05 bits per heavy atom. The molecular formula is C16H26N2O. The first-order valence-electron chi connectivity index (χ1n) is 7.01. The normalized spacial score (nSPS) is 11.5. The molecule has 1 aromatic rings. The molecule has 0 saturated heterocycles. The second-order valence-electron chi connectivity index (χ2n) is 5.84. The van der Waals surface area contributed by atoms with Crippen LogP contribution in [0.5, 0.6) is 0 Å². The topological polar surface area (TPSA) is 55.1 Å². The van der Waals surface area contributed by atoms with Gasteiger partial charge in [-0.15, -0.1) is 0 Å². The molecule has 0 heterocycles. The van der Waals surface area contributed by atoms with Crippen molar-refractivity contribution < 1.29 is 4.79 Å². The molecule has 0 atom stereocenters. The van der Waals surface area contributed by atoms with Crippen LogP contribution < -0.4 is 11.1 Å². The number of amides is 1. The minimum Gasteiger partial charge on any atom is -0.366 e. The summed E-state index contributed by atoms with van der Waals surface area (Å²) >= 11 is 0. The van der Waals surface area contributed by atoms with E-state index in [0.717, 1.165) is 13.1 Å². The van der Waals surface area contributed by atoms with E-state index in [1.165, 1.54) is 5.56 Å². The maximum absolute atomic E-state index is 11.0. The van der Waals surface area contributed by atoms with Gasteiger partial charge in [0.05, 0.1) is 0 Å². The highest BCUT2D eigenvalue weighted by atomic mass is 16.1. The van der Waals surface area contributed by atoms with E-state index in [1.807, 2.05) is 12.1 Å². The van der Waals surface area contributed by atoms with Gasteiger partial charge in [-0.3, -0.25) is 4.79 Å². The van der Waals surface area contributed by atoms with Crippen molar-refractivity contribution in [2.75, 3.05) is 6.54 Å². The number of carbonyl (C=O) groups excluding carboxylic acids is 1. The summed E-state index contributed by atoms with van der Waals surface area (Å²) in [6.45, 7) is 10.9. The van der Waals surface area contributed by atoms with Gasteiger partial charge in [0, 0.05) is 12.1 Å². The van der Waals surface area contributed by atoms with Gasteiger partial charge in [-0.1, -0.05) is 39.8 Å². The summed E-state index contributed by atoms with van der Waals surface area (Å²) in [5, 5.41) is 3.50. The standard InChI is InChI=1S/C16H26N2O/c1-11(2)15(12(3)4)10-18-9-13-5-7-14(8-6-13)16(17)19/h5-8,11-12,15,18H,9-10H2,1-4H3,(H2,17,19). The van der Waals surface area contributed by atoms with Crippen molar-refractivity contribution in [3.63, 3.8) is 0 Å². The highest BCUT2D eigenvalue weighted by molar-refractivity contribution is 5.92. The van der Waals surface area contributed by atoms with Crippen molar-refractivity contribution in [1.29, 1.82) is 0 Å². The number of rotatable bonds is 7. The molecular weight excluding hydrogens is 236 g/mol. The van der Waals surface area contributed by atoms with Gasteiger partial charge in [0.25, 0.3) is 0 Å². The Hall–Kier alpha value is -1.35. The first kappa shape index (κ1) is 15.7. The Morgan fingerprint density at radius 1 is 1.11 bits per heavy atom. The second kappa shape index (κ2) is 7.29. The zero-order valence-corrected chi connectivity index (χ0v) is 12.4. The Kier molecular flexibility index (Phi) is 6.03. The Morgan fingerprint density at radius 2 is 1.63 bits per heavy atom. The fourth-order valence-electron chi connectivity index (χ4n) is 2.41. The van der Waals surface area contributed by atoms with Crippen LogP contribution in [0.1, 0.15) is 43.6 Å². The van der Waals surface area contributed by atoms with E-state index in [4.69, 9.17) is 5.73 Å². The average molecular weight is 262 g/mol. The lowest BCUT2D eigenvalue weighted by Gasteiger charge is -2.25. The monoisotopic (exact) mass is 262 g/mol. The molecule has 0 aromatic heterocycles. The molecule has 0 spiro atoms. The van der Waals surface area contributed by atoms with Crippen LogP contribution in [0.4, 0.5) is 0 Å². The number of hydrogen-bond acceptors (Lipinski definition) is 2. The zero-order chi connectivity index (χ0) is 14.4. The number of nitrogens with two attached hydrogens (primary N) is 1. The van der Waals surface area contributed by atoms with Crippen LogP contribution in [-0.2, 0) is 6.54 Å². The third-order valence-corrected chi connectivity index (χ3v) is 3.66. The van der Waals surface area contributed by atoms with E-state index in [1.54, 1.807) is 12.1 Å². The largest absolute Gasteiger partial charge is 0.366 e. The molecule has 0 bridgehead atoms. The van der Waals surface area contributed by atoms with E-state index < -0.39 is 0 Å². The third kappa shape index (κ3) is 5.03. The highest BCUT2D eigenvalue weighted by Gasteiger charge is 2.16. The fourth-order valence-corrected chi connectivity index (χ4v) is 2.41. The number of primary amides is 1. The molecule has 0 fully saturated rings. The van der Waals surface area contributed by atoms with Gasteiger partial charge in [-0.05, 0) is 42.0 Å². The van der Waals surface area contributed by atoms with Gasteiger partial charge in [0.1, 0.15) is 0 Å². The van der Waals surface area contributed by atoms with Gasteiger partial charge in [-0.25, -0.2) is 0 Å². The number of nitrogens with one attached hydrogen (secondary N) is 1. The average Bonchev–Trinajstić information content (AvgIpc) is 2.34. The summed E-state index contributed by atoms with van der Waals surface area (Å²) in [6, 6.07) is 7.46. The first-order chi connectivity index (χ1) is 8.91. The summed E-state index contributed by atoms with van der Waals surface area (Å²) in [4.78, 5) is 11.0. The van der Waals surface area contributed by atoms with E-state index in [0.29, 0.717) is 23.3 Å². The smallest absolute Gasteiger partial charge is 0.248 e. The molecule has 0 radical (unpaired) electrons. The predicted molar refractivity (Wildman–Crippen MR) is 79.8 cm³/mol. The van der Waals surface area contributed by atoms with Crippen LogP contribution in [0.2, 0.25) is 0 Å². The van der Waals surface area contributed by atoms with Crippen LogP contribution in [0.3, 0.4) is 0 Å². The molecule has 0 saturated carbocycles. The lowest BCUT2D eigenvalue weighted by Crippen LogP contribution is -2.29. The van der Waals surface area contributed by atoms with Crippen LogP contribution in [0.15, 0.2) is 24.3 Å². The van der Waals surface area contributed by atoms with E-state index in [-0.39, 0.29) is 5.91 Å². The van der Waals surface area contributed by atoms with Crippen LogP contribution in [0.25, 0.3) is 0 Å². The van der Waals surface area contributed by atoms with Crippen LogP contribution in [-0.4, -0.2) is 12.5 Å². The molecule has 1 aromatic carbocycles. The van der Waals surface area contributed by atoms with Crippen LogP contribution >= 0.6 is 0 Å². The molecule has 3 nitrogen and oxygen atoms in total. The van der Waals surface area contributed by atoms with E-state index >= 15 is 0 Å². The maximum Gasteiger partial charge on any atom is 0.248 e. The van der Waals surface area contributed by atoms with Crippen molar-refractivity contribution in [1.82, 2.24) is 5.32 Å². The molecule has 0 aliphatic heterocycles. The van der Waals surface area contributed by atoms with Gasteiger partial charge in [0.2, 0.25) is 5.91 Å². The summed E-state index contributed by atoms with van der Waals surface area (Å²) in [7, 11) is 0. The molecule has 3 heteroatoms. The van der Waals surface area contributed by atoms with Gasteiger partial charge < -0.3 is 11.1 Å². The maximum atomic E-state index is 11.0.